The minimum absolute atomic E-state index is 0.0780. The Hall–Kier alpha value is -2.64. The summed E-state index contributed by atoms with van der Waals surface area (Å²) in [5.41, 5.74) is 2.45. The van der Waals surface area contributed by atoms with Gasteiger partial charge in [-0.3, -0.25) is 9.59 Å². The van der Waals surface area contributed by atoms with Gasteiger partial charge in [0, 0.05) is 28.5 Å². The molecular formula is C20H19N3O2S2. The van der Waals surface area contributed by atoms with Crippen LogP contribution in [0, 0.1) is 0 Å². The van der Waals surface area contributed by atoms with Crippen molar-refractivity contribution < 1.29 is 9.59 Å². The Balaban J connectivity index is 1.61. The summed E-state index contributed by atoms with van der Waals surface area (Å²) in [5.74, 6) is -0.186. The summed E-state index contributed by atoms with van der Waals surface area (Å²) in [6, 6.07) is 17.3. The molecule has 0 bridgehead atoms. The molecule has 0 saturated heterocycles. The summed E-state index contributed by atoms with van der Waals surface area (Å²) in [5, 5.41) is 7.86. The second kappa shape index (κ2) is 8.83. The molecule has 0 fully saturated rings. The van der Waals surface area contributed by atoms with Crippen LogP contribution in [-0.4, -0.2) is 22.0 Å². The van der Waals surface area contributed by atoms with Gasteiger partial charge in [0.2, 0.25) is 11.8 Å². The van der Waals surface area contributed by atoms with Crippen LogP contribution in [0.4, 0.5) is 10.8 Å². The van der Waals surface area contributed by atoms with Crippen molar-refractivity contribution in [2.24, 2.45) is 0 Å². The normalized spacial score (nSPS) is 11.6. The second-order valence-electron chi connectivity index (χ2n) is 5.86. The zero-order valence-electron chi connectivity index (χ0n) is 14.9. The van der Waals surface area contributed by atoms with Gasteiger partial charge in [-0.05, 0) is 31.2 Å². The summed E-state index contributed by atoms with van der Waals surface area (Å²) in [6.07, 6.45) is 0. The third kappa shape index (κ3) is 5.42. The lowest BCUT2D eigenvalue weighted by molar-refractivity contribution is -0.115. The van der Waals surface area contributed by atoms with Crippen molar-refractivity contribution in [3.63, 3.8) is 0 Å². The number of hydrogen-bond acceptors (Lipinski definition) is 5. The Kier molecular flexibility index (Phi) is 6.26. The molecule has 2 amide bonds. The molecule has 3 aromatic rings. The second-order valence-corrected chi connectivity index (χ2v) is 8.13. The standard InChI is InChI=1S/C20H19N3O2S2/c1-13(27-17-6-4-3-5-7-17)19(25)23-20-22-18(12-26-20)15-8-10-16(11-9-15)21-14(2)24/h3-13H,1-2H3,(H,21,24)(H,22,23,25). The summed E-state index contributed by atoms with van der Waals surface area (Å²) < 4.78 is 0. The van der Waals surface area contributed by atoms with Crippen molar-refractivity contribution >= 4 is 45.7 Å². The Labute approximate surface area is 166 Å². The lowest BCUT2D eigenvalue weighted by Crippen LogP contribution is -2.22. The molecule has 2 aromatic carbocycles. The highest BCUT2D eigenvalue weighted by atomic mass is 32.2. The fourth-order valence-corrected chi connectivity index (χ4v) is 3.97. The van der Waals surface area contributed by atoms with Gasteiger partial charge in [-0.2, -0.15) is 0 Å². The highest BCUT2D eigenvalue weighted by molar-refractivity contribution is 8.00. The van der Waals surface area contributed by atoms with Crippen LogP contribution >= 0.6 is 23.1 Å². The first-order valence-electron chi connectivity index (χ1n) is 8.37. The Morgan fingerprint density at radius 2 is 1.74 bits per heavy atom. The van der Waals surface area contributed by atoms with E-state index in [1.54, 1.807) is 0 Å². The van der Waals surface area contributed by atoms with E-state index >= 15 is 0 Å². The van der Waals surface area contributed by atoms with Crippen LogP contribution in [0.15, 0.2) is 64.9 Å². The molecule has 2 N–H and O–H groups in total. The molecule has 0 spiro atoms. The monoisotopic (exact) mass is 397 g/mol. The van der Waals surface area contributed by atoms with E-state index in [2.05, 4.69) is 15.6 Å². The van der Waals surface area contributed by atoms with Crippen molar-refractivity contribution in [3.05, 3.63) is 60.0 Å². The number of rotatable bonds is 6. The van der Waals surface area contributed by atoms with Crippen molar-refractivity contribution in [1.82, 2.24) is 4.98 Å². The van der Waals surface area contributed by atoms with Gasteiger partial charge in [-0.25, -0.2) is 4.98 Å². The molecule has 0 aliphatic carbocycles. The van der Waals surface area contributed by atoms with Crippen molar-refractivity contribution in [3.8, 4) is 11.3 Å². The molecular weight excluding hydrogens is 378 g/mol. The first-order chi connectivity index (χ1) is 13.0. The van der Waals surface area contributed by atoms with Gasteiger partial charge in [0.15, 0.2) is 5.13 Å². The summed E-state index contributed by atoms with van der Waals surface area (Å²) in [6.45, 7) is 3.35. The zero-order valence-corrected chi connectivity index (χ0v) is 16.6. The Bertz CT molecular complexity index is 924. The molecule has 1 heterocycles. The van der Waals surface area contributed by atoms with Gasteiger partial charge in [0.05, 0.1) is 10.9 Å². The number of carbonyl (C=O) groups excluding carboxylic acids is 2. The van der Waals surface area contributed by atoms with Crippen molar-refractivity contribution in [2.45, 2.75) is 24.0 Å². The van der Waals surface area contributed by atoms with E-state index in [1.165, 1.54) is 30.0 Å². The van der Waals surface area contributed by atoms with E-state index < -0.39 is 0 Å². The number of thioether (sulfide) groups is 1. The highest BCUT2D eigenvalue weighted by Gasteiger charge is 2.16. The van der Waals surface area contributed by atoms with E-state index in [0.717, 1.165) is 21.8 Å². The van der Waals surface area contributed by atoms with Gasteiger partial charge in [0.1, 0.15) is 0 Å². The number of amides is 2. The maximum absolute atomic E-state index is 12.4. The average molecular weight is 398 g/mol. The van der Waals surface area contributed by atoms with Crippen LogP contribution in [0.25, 0.3) is 11.3 Å². The Morgan fingerprint density at radius 3 is 2.41 bits per heavy atom. The third-order valence-corrected chi connectivity index (χ3v) is 5.53. The molecule has 5 nitrogen and oxygen atoms in total. The van der Waals surface area contributed by atoms with Crippen molar-refractivity contribution in [1.29, 1.82) is 0 Å². The van der Waals surface area contributed by atoms with Crippen LogP contribution in [0.3, 0.4) is 0 Å². The summed E-state index contributed by atoms with van der Waals surface area (Å²) in [4.78, 5) is 29.0. The number of nitrogens with zero attached hydrogens (tertiary/aromatic N) is 1. The quantitative estimate of drug-likeness (QED) is 0.581. The van der Waals surface area contributed by atoms with E-state index in [-0.39, 0.29) is 17.1 Å². The van der Waals surface area contributed by atoms with Gasteiger partial charge in [-0.15, -0.1) is 23.1 Å². The predicted molar refractivity (Wildman–Crippen MR) is 112 cm³/mol. The minimum Gasteiger partial charge on any atom is -0.326 e. The number of anilines is 2. The smallest absolute Gasteiger partial charge is 0.239 e. The fraction of sp³-hybridized carbons (Fsp3) is 0.150. The SMILES string of the molecule is CC(=O)Nc1ccc(-c2csc(NC(=O)C(C)Sc3ccccc3)n2)cc1. The maximum Gasteiger partial charge on any atom is 0.239 e. The summed E-state index contributed by atoms with van der Waals surface area (Å²) in [7, 11) is 0. The van der Waals surface area contributed by atoms with E-state index in [9.17, 15) is 9.59 Å². The van der Waals surface area contributed by atoms with Crippen LogP contribution in [0.2, 0.25) is 0 Å². The van der Waals surface area contributed by atoms with Gasteiger partial charge in [0.25, 0.3) is 0 Å². The van der Waals surface area contributed by atoms with Gasteiger partial charge >= 0.3 is 0 Å². The van der Waals surface area contributed by atoms with E-state index in [0.29, 0.717) is 5.13 Å². The lowest BCUT2D eigenvalue weighted by atomic mass is 10.1. The topological polar surface area (TPSA) is 71.1 Å². The number of thiazole rings is 1. The van der Waals surface area contributed by atoms with Crippen LogP contribution < -0.4 is 10.6 Å². The molecule has 0 radical (unpaired) electrons. The lowest BCUT2D eigenvalue weighted by Gasteiger charge is -2.10. The number of benzene rings is 2. The number of carbonyl (C=O) groups is 2. The van der Waals surface area contributed by atoms with E-state index in [1.807, 2.05) is 66.9 Å². The number of nitrogens with one attached hydrogen (secondary N) is 2. The fourth-order valence-electron chi connectivity index (χ4n) is 2.36. The molecule has 0 saturated carbocycles. The minimum atomic E-state index is -0.225. The molecule has 0 aliphatic heterocycles. The van der Waals surface area contributed by atoms with E-state index in [4.69, 9.17) is 0 Å². The molecule has 0 aliphatic rings. The molecule has 1 atom stereocenters. The molecule has 1 aromatic heterocycles. The highest BCUT2D eigenvalue weighted by Crippen LogP contribution is 2.28. The average Bonchev–Trinajstić information content (AvgIpc) is 3.11. The first kappa shape index (κ1) is 19.1. The third-order valence-electron chi connectivity index (χ3n) is 3.66. The maximum atomic E-state index is 12.4. The zero-order chi connectivity index (χ0) is 19.2. The molecule has 7 heteroatoms. The molecule has 138 valence electrons. The predicted octanol–water partition coefficient (Wildman–Crippen LogP) is 4.89. The van der Waals surface area contributed by atoms with Crippen LogP contribution in [0.5, 0.6) is 0 Å². The number of aromatic nitrogens is 1. The molecule has 1 unspecified atom stereocenters. The van der Waals surface area contributed by atoms with Gasteiger partial charge in [-0.1, -0.05) is 30.3 Å². The van der Waals surface area contributed by atoms with Crippen LogP contribution in [0.1, 0.15) is 13.8 Å². The van der Waals surface area contributed by atoms with Crippen LogP contribution in [-0.2, 0) is 9.59 Å². The molecule has 27 heavy (non-hydrogen) atoms. The summed E-state index contributed by atoms with van der Waals surface area (Å²) >= 11 is 2.90. The largest absolute Gasteiger partial charge is 0.326 e. The van der Waals surface area contributed by atoms with Crippen molar-refractivity contribution in [2.75, 3.05) is 10.6 Å². The molecule has 3 rings (SSSR count). The number of hydrogen-bond donors (Lipinski definition) is 2. The van der Waals surface area contributed by atoms with Gasteiger partial charge < -0.3 is 10.6 Å². The Morgan fingerprint density at radius 1 is 1.04 bits per heavy atom. The first-order valence-corrected chi connectivity index (χ1v) is 10.1.